The molecule has 1 heterocycles. The van der Waals surface area contributed by atoms with Crippen LogP contribution in [0.5, 0.6) is 0 Å². The molecule has 0 aliphatic heterocycles. The van der Waals surface area contributed by atoms with Gasteiger partial charge in [0, 0.05) is 50.6 Å². The van der Waals surface area contributed by atoms with Gasteiger partial charge >= 0.3 is 0 Å². The average Bonchev–Trinajstić information content (AvgIpc) is 2.80. The SMILES string of the molecule is Cn1ccnc1CCNCc1ccccc1[N+](=O)[O-]. The molecule has 0 aliphatic rings. The molecule has 0 spiro atoms. The number of benzene rings is 1. The van der Waals surface area contributed by atoms with Crippen molar-refractivity contribution in [3.8, 4) is 0 Å². The van der Waals surface area contributed by atoms with Crippen LogP contribution < -0.4 is 5.32 Å². The van der Waals surface area contributed by atoms with Gasteiger partial charge in [-0.25, -0.2) is 4.98 Å². The second-order valence-electron chi connectivity index (χ2n) is 4.27. The molecule has 100 valence electrons. The van der Waals surface area contributed by atoms with Crippen molar-refractivity contribution in [1.29, 1.82) is 0 Å². The maximum Gasteiger partial charge on any atom is 0.273 e. The highest BCUT2D eigenvalue weighted by molar-refractivity contribution is 5.39. The highest BCUT2D eigenvalue weighted by Gasteiger charge is 2.11. The first-order chi connectivity index (χ1) is 9.18. The van der Waals surface area contributed by atoms with Crippen LogP contribution in [0.2, 0.25) is 0 Å². The molecule has 2 aromatic rings. The van der Waals surface area contributed by atoms with Crippen molar-refractivity contribution in [2.45, 2.75) is 13.0 Å². The lowest BCUT2D eigenvalue weighted by molar-refractivity contribution is -0.385. The molecule has 0 radical (unpaired) electrons. The van der Waals surface area contributed by atoms with Crippen LogP contribution in [0.15, 0.2) is 36.7 Å². The van der Waals surface area contributed by atoms with E-state index in [4.69, 9.17) is 0 Å². The number of aryl methyl sites for hydroxylation is 1. The maximum atomic E-state index is 10.9. The molecule has 6 nitrogen and oxygen atoms in total. The Morgan fingerprint density at radius 3 is 2.89 bits per heavy atom. The van der Waals surface area contributed by atoms with E-state index in [1.54, 1.807) is 18.3 Å². The summed E-state index contributed by atoms with van der Waals surface area (Å²) in [5.41, 5.74) is 0.860. The van der Waals surface area contributed by atoms with Gasteiger partial charge < -0.3 is 9.88 Å². The van der Waals surface area contributed by atoms with Crippen molar-refractivity contribution >= 4 is 5.69 Å². The van der Waals surface area contributed by atoms with Crippen LogP contribution in [-0.2, 0) is 20.0 Å². The van der Waals surface area contributed by atoms with Crippen LogP contribution >= 0.6 is 0 Å². The van der Waals surface area contributed by atoms with E-state index < -0.39 is 0 Å². The molecule has 0 amide bonds. The highest BCUT2D eigenvalue weighted by atomic mass is 16.6. The quantitative estimate of drug-likeness (QED) is 0.487. The highest BCUT2D eigenvalue weighted by Crippen LogP contribution is 2.16. The first-order valence-corrected chi connectivity index (χ1v) is 6.07. The van der Waals surface area contributed by atoms with Gasteiger partial charge in [0.15, 0.2) is 0 Å². The van der Waals surface area contributed by atoms with Crippen molar-refractivity contribution in [3.05, 3.63) is 58.2 Å². The van der Waals surface area contributed by atoms with Gasteiger partial charge in [-0.05, 0) is 0 Å². The van der Waals surface area contributed by atoms with Crippen LogP contribution in [0.25, 0.3) is 0 Å². The Hall–Kier alpha value is -2.21. The lowest BCUT2D eigenvalue weighted by Crippen LogP contribution is -2.18. The van der Waals surface area contributed by atoms with E-state index in [2.05, 4.69) is 10.3 Å². The van der Waals surface area contributed by atoms with Gasteiger partial charge in [0.2, 0.25) is 0 Å². The summed E-state index contributed by atoms with van der Waals surface area (Å²) in [6.45, 7) is 1.22. The first kappa shape index (κ1) is 13.2. The first-order valence-electron chi connectivity index (χ1n) is 6.07. The second-order valence-corrected chi connectivity index (χ2v) is 4.27. The summed E-state index contributed by atoms with van der Waals surface area (Å²) in [6, 6.07) is 6.78. The van der Waals surface area contributed by atoms with Gasteiger partial charge in [0.25, 0.3) is 5.69 Å². The minimum atomic E-state index is -0.351. The van der Waals surface area contributed by atoms with E-state index >= 15 is 0 Å². The predicted octanol–water partition coefficient (Wildman–Crippen LogP) is 1.66. The van der Waals surface area contributed by atoms with Crippen molar-refractivity contribution in [1.82, 2.24) is 14.9 Å². The van der Waals surface area contributed by atoms with Gasteiger partial charge in [-0.15, -0.1) is 0 Å². The summed E-state index contributed by atoms with van der Waals surface area (Å²) < 4.78 is 1.96. The summed E-state index contributed by atoms with van der Waals surface area (Å²) in [4.78, 5) is 14.7. The number of hydrogen-bond donors (Lipinski definition) is 1. The number of para-hydroxylation sites is 1. The zero-order valence-electron chi connectivity index (χ0n) is 10.7. The summed E-state index contributed by atoms with van der Waals surface area (Å²) >= 11 is 0. The number of aromatic nitrogens is 2. The van der Waals surface area contributed by atoms with Gasteiger partial charge in [-0.1, -0.05) is 18.2 Å². The molecule has 1 aromatic heterocycles. The Balaban J connectivity index is 1.86. The van der Waals surface area contributed by atoms with Crippen molar-refractivity contribution in [3.63, 3.8) is 0 Å². The Kier molecular flexibility index (Phi) is 4.25. The maximum absolute atomic E-state index is 10.9. The van der Waals surface area contributed by atoms with E-state index in [-0.39, 0.29) is 10.6 Å². The van der Waals surface area contributed by atoms with E-state index in [9.17, 15) is 10.1 Å². The monoisotopic (exact) mass is 260 g/mol. The summed E-state index contributed by atoms with van der Waals surface area (Å²) in [5.74, 6) is 0.995. The minimum absolute atomic E-state index is 0.159. The molecule has 0 saturated carbocycles. The molecule has 1 N–H and O–H groups in total. The number of hydrogen-bond acceptors (Lipinski definition) is 4. The molecule has 1 aromatic carbocycles. The third kappa shape index (κ3) is 3.38. The second kappa shape index (κ2) is 6.10. The van der Waals surface area contributed by atoms with Crippen molar-refractivity contribution in [2.75, 3.05) is 6.54 Å². The molecule has 0 fully saturated rings. The normalized spacial score (nSPS) is 10.6. The lowest BCUT2D eigenvalue weighted by Gasteiger charge is -2.05. The van der Waals surface area contributed by atoms with Crippen LogP contribution in [0.4, 0.5) is 5.69 Å². The number of nitro groups is 1. The number of rotatable bonds is 6. The number of imidazole rings is 1. The van der Waals surface area contributed by atoms with E-state index in [0.29, 0.717) is 12.1 Å². The third-order valence-corrected chi connectivity index (χ3v) is 2.95. The molecule has 19 heavy (non-hydrogen) atoms. The molecule has 2 rings (SSSR count). The fraction of sp³-hybridized carbons (Fsp3) is 0.308. The number of nitro benzene ring substituents is 1. The lowest BCUT2D eigenvalue weighted by atomic mass is 10.2. The number of nitrogens with zero attached hydrogens (tertiary/aromatic N) is 3. The summed E-state index contributed by atoms with van der Waals surface area (Å²) in [5, 5.41) is 14.1. The fourth-order valence-corrected chi connectivity index (χ4v) is 1.90. The molecular weight excluding hydrogens is 244 g/mol. The van der Waals surface area contributed by atoms with E-state index in [1.807, 2.05) is 23.9 Å². The van der Waals surface area contributed by atoms with Gasteiger partial charge in [-0.2, -0.15) is 0 Å². The van der Waals surface area contributed by atoms with Gasteiger partial charge in [-0.3, -0.25) is 10.1 Å². The molecule has 0 unspecified atom stereocenters. The molecule has 0 aliphatic carbocycles. The topological polar surface area (TPSA) is 73.0 Å². The van der Waals surface area contributed by atoms with Crippen LogP contribution in [0, 0.1) is 10.1 Å². The van der Waals surface area contributed by atoms with E-state index in [0.717, 1.165) is 18.8 Å². The third-order valence-electron chi connectivity index (χ3n) is 2.95. The van der Waals surface area contributed by atoms with Crippen LogP contribution in [0.3, 0.4) is 0 Å². The molecular formula is C13H16N4O2. The average molecular weight is 260 g/mol. The fourth-order valence-electron chi connectivity index (χ4n) is 1.90. The Morgan fingerprint density at radius 1 is 1.42 bits per heavy atom. The smallest absolute Gasteiger partial charge is 0.273 e. The molecule has 0 bridgehead atoms. The van der Waals surface area contributed by atoms with Crippen molar-refractivity contribution < 1.29 is 4.92 Å². The molecule has 0 atom stereocenters. The van der Waals surface area contributed by atoms with Crippen LogP contribution in [-0.4, -0.2) is 21.0 Å². The minimum Gasteiger partial charge on any atom is -0.338 e. The molecule has 0 saturated heterocycles. The molecule has 6 heteroatoms. The Morgan fingerprint density at radius 2 is 2.21 bits per heavy atom. The summed E-state index contributed by atoms with van der Waals surface area (Å²) in [7, 11) is 1.95. The van der Waals surface area contributed by atoms with Crippen molar-refractivity contribution in [2.24, 2.45) is 7.05 Å². The standard InChI is InChI=1S/C13H16N4O2/c1-16-9-8-15-13(16)6-7-14-10-11-4-2-3-5-12(11)17(18)19/h2-5,8-9,14H,6-7,10H2,1H3. The Bertz CT molecular complexity index is 565. The zero-order chi connectivity index (χ0) is 13.7. The van der Waals surface area contributed by atoms with E-state index in [1.165, 1.54) is 6.07 Å². The zero-order valence-corrected chi connectivity index (χ0v) is 10.7. The summed E-state index contributed by atoms with van der Waals surface area (Å²) in [6.07, 6.45) is 4.46. The predicted molar refractivity (Wildman–Crippen MR) is 71.7 cm³/mol. The Labute approximate surface area is 111 Å². The van der Waals surface area contributed by atoms with Gasteiger partial charge in [0.1, 0.15) is 5.82 Å². The van der Waals surface area contributed by atoms with Gasteiger partial charge in [0.05, 0.1) is 4.92 Å². The van der Waals surface area contributed by atoms with Crippen LogP contribution in [0.1, 0.15) is 11.4 Å². The number of nitrogens with one attached hydrogen (secondary N) is 1. The largest absolute Gasteiger partial charge is 0.338 e.